The zero-order valence-corrected chi connectivity index (χ0v) is 12.1. The molecular weight excluding hydrogens is 215 g/mol. The maximum atomic E-state index is 8.30. The summed E-state index contributed by atoms with van der Waals surface area (Å²) in [6, 6.07) is 0. The van der Waals surface area contributed by atoms with Gasteiger partial charge in [-0.3, -0.25) is 0 Å². The molecule has 0 aromatic heterocycles. The minimum absolute atomic E-state index is 0.796. The number of azide groups is 1. The predicted molar refractivity (Wildman–Crippen MR) is 63.0 cm³/mol. The van der Waals surface area contributed by atoms with Crippen LogP contribution in [0.1, 0.15) is 0 Å². The second-order valence-corrected chi connectivity index (χ2v) is 16.5. The Kier molecular flexibility index (Phi) is 4.32. The van der Waals surface area contributed by atoms with E-state index in [4.69, 9.17) is 5.53 Å². The first kappa shape index (κ1) is 12.8. The van der Waals surface area contributed by atoms with Gasteiger partial charge in [0, 0.05) is 9.80 Å². The van der Waals surface area contributed by atoms with Crippen LogP contribution < -0.4 is 0 Å². The predicted octanol–water partition coefficient (Wildman–Crippen LogP) is 4.02. The van der Waals surface area contributed by atoms with Crippen LogP contribution in [0.15, 0.2) is 4.88 Å². The third-order valence-electron chi connectivity index (χ3n) is 1.44. The highest BCUT2D eigenvalue weighted by molar-refractivity contribution is 7.24. The maximum Gasteiger partial charge on any atom is 0.329 e. The molecule has 0 radical (unpaired) electrons. The van der Waals surface area contributed by atoms with Crippen molar-refractivity contribution in [3.8, 4) is 0 Å². The second kappa shape index (κ2) is 4.37. The molecule has 0 atom stereocenters. The van der Waals surface area contributed by atoms with Gasteiger partial charge in [-0.25, -0.2) is 0 Å². The molecular formula is C6H18N4PSi2+. The Hall–Kier alpha value is -0.156. The third kappa shape index (κ3) is 4.57. The molecule has 0 saturated heterocycles. The van der Waals surface area contributed by atoms with E-state index in [1.807, 2.05) is 0 Å². The topological polar surface area (TPSA) is 51.8 Å². The Morgan fingerprint density at radius 3 is 1.69 bits per heavy atom. The van der Waals surface area contributed by atoms with E-state index in [9.17, 15) is 0 Å². The van der Waals surface area contributed by atoms with E-state index >= 15 is 0 Å². The number of rotatable bonds is 3. The molecule has 0 unspecified atom stereocenters. The Morgan fingerprint density at radius 2 is 1.46 bits per heavy atom. The number of hydrogen-bond donors (Lipinski definition) is 0. The van der Waals surface area contributed by atoms with Crippen LogP contribution in [0.2, 0.25) is 39.3 Å². The van der Waals surface area contributed by atoms with Crippen LogP contribution in [-0.4, -0.2) is 20.1 Å². The van der Waals surface area contributed by atoms with Gasteiger partial charge in [0.2, 0.25) is 0 Å². The van der Waals surface area contributed by atoms with Crippen molar-refractivity contribution < 1.29 is 3.66 Å². The molecule has 0 bridgehead atoms. The monoisotopic (exact) mass is 233 g/mol. The van der Waals surface area contributed by atoms with E-state index in [1.165, 1.54) is 0 Å². The number of nitrogens with zero attached hydrogens (tertiary/aromatic N) is 4. The van der Waals surface area contributed by atoms with Gasteiger partial charge >= 0.3 is 16.5 Å². The van der Waals surface area contributed by atoms with E-state index in [1.54, 1.807) is 0 Å². The summed E-state index contributed by atoms with van der Waals surface area (Å²) in [5, 5.41) is 0. The molecule has 0 N–H and O–H groups in total. The summed E-state index contributed by atoms with van der Waals surface area (Å²) >= 11 is 0. The van der Waals surface area contributed by atoms with Gasteiger partial charge in [-0.15, -0.1) is 0 Å². The van der Waals surface area contributed by atoms with Gasteiger partial charge in [0.25, 0.3) is 8.52 Å². The standard InChI is InChI=1S/C6H18N4PSi2/c1-12(2,3)10(11-9-8-7)13(4,5)6/h1-6H3/q+1. The molecule has 13 heavy (non-hydrogen) atoms. The largest absolute Gasteiger partial charge is 0.366 e. The molecule has 7 heteroatoms. The Labute approximate surface area is 83.7 Å². The molecule has 0 saturated carbocycles. The summed E-state index contributed by atoms with van der Waals surface area (Å²) in [6.45, 7) is 13.7. The first-order chi connectivity index (χ1) is 5.69. The molecule has 0 fully saturated rings. The molecule has 0 heterocycles. The normalized spacial score (nSPS) is 12.5. The van der Waals surface area contributed by atoms with Crippen LogP contribution >= 0.6 is 8.52 Å². The quantitative estimate of drug-likeness (QED) is 0.232. The Balaban J connectivity index is 5.12. The lowest BCUT2D eigenvalue weighted by Gasteiger charge is -2.24. The molecule has 4 nitrogen and oxygen atoms in total. The zero-order valence-electron chi connectivity index (χ0n) is 9.24. The molecule has 0 amide bonds. The van der Waals surface area contributed by atoms with Crippen molar-refractivity contribution in [1.29, 1.82) is 0 Å². The van der Waals surface area contributed by atoms with Crippen molar-refractivity contribution in [2.24, 2.45) is 4.88 Å². The van der Waals surface area contributed by atoms with Crippen LogP contribution in [-0.2, 0) is 0 Å². The summed E-state index contributed by atoms with van der Waals surface area (Å²) in [6.07, 6.45) is 0. The fraction of sp³-hybridized carbons (Fsp3) is 1.00. The molecule has 0 aromatic carbocycles. The second-order valence-electron chi connectivity index (χ2n) is 4.92. The summed E-state index contributed by atoms with van der Waals surface area (Å²) < 4.78 is 2.42. The smallest absolute Gasteiger partial charge is 0.329 e. The van der Waals surface area contributed by atoms with E-state index in [-0.39, 0.29) is 0 Å². The fourth-order valence-corrected chi connectivity index (χ4v) is 11.9. The lowest BCUT2D eigenvalue weighted by Crippen LogP contribution is -2.49. The van der Waals surface area contributed by atoms with Crippen molar-refractivity contribution in [3.63, 3.8) is 0 Å². The Bertz CT molecular complexity index is 241. The van der Waals surface area contributed by atoms with Crippen molar-refractivity contribution in [1.82, 2.24) is 0 Å². The van der Waals surface area contributed by atoms with E-state index in [0.717, 1.165) is 8.52 Å². The molecule has 0 aliphatic heterocycles. The number of hydrogen-bond acceptors (Lipinski definition) is 0. The van der Waals surface area contributed by atoms with E-state index in [2.05, 4.69) is 52.7 Å². The van der Waals surface area contributed by atoms with Crippen LogP contribution in [0.4, 0.5) is 0 Å². The third-order valence-corrected chi connectivity index (χ3v) is 12.5. The molecule has 0 aromatic rings. The van der Waals surface area contributed by atoms with Crippen molar-refractivity contribution in [3.05, 3.63) is 10.4 Å². The Morgan fingerprint density at radius 1 is 1.08 bits per heavy atom. The molecule has 0 spiro atoms. The summed E-state index contributed by atoms with van der Waals surface area (Å²) in [5.41, 5.74) is 8.30. The lowest BCUT2D eigenvalue weighted by molar-refractivity contribution is -0.218. The highest BCUT2D eigenvalue weighted by Gasteiger charge is 2.40. The highest BCUT2D eigenvalue weighted by atomic mass is 31.1. The average Bonchev–Trinajstić information content (AvgIpc) is 1.81. The summed E-state index contributed by atoms with van der Waals surface area (Å²) in [4.78, 5) is 6.47. The van der Waals surface area contributed by atoms with Gasteiger partial charge in [0.15, 0.2) is 0 Å². The van der Waals surface area contributed by atoms with E-state index in [0.29, 0.717) is 0 Å². The minimum atomic E-state index is -1.34. The molecule has 74 valence electrons. The fourth-order valence-electron chi connectivity index (χ4n) is 1.33. The van der Waals surface area contributed by atoms with Crippen LogP contribution in [0.3, 0.4) is 0 Å². The van der Waals surface area contributed by atoms with Crippen molar-refractivity contribution in [2.45, 2.75) is 39.3 Å². The highest BCUT2D eigenvalue weighted by Crippen LogP contribution is 2.21. The first-order valence-corrected chi connectivity index (χ1v) is 11.9. The maximum absolute atomic E-state index is 8.30. The first-order valence-electron chi connectivity index (χ1n) is 4.25. The average molecular weight is 233 g/mol. The van der Waals surface area contributed by atoms with Gasteiger partial charge in [0.05, 0.1) is 0 Å². The summed E-state index contributed by atoms with van der Waals surface area (Å²) in [5.74, 6) is 0. The van der Waals surface area contributed by atoms with Crippen molar-refractivity contribution in [2.75, 3.05) is 0 Å². The van der Waals surface area contributed by atoms with Gasteiger partial charge < -0.3 is 3.66 Å². The van der Waals surface area contributed by atoms with Gasteiger partial charge in [-0.2, -0.15) is 0 Å². The van der Waals surface area contributed by atoms with Crippen LogP contribution in [0, 0.1) is 0 Å². The van der Waals surface area contributed by atoms with Gasteiger partial charge in [-0.05, 0) is 44.8 Å². The SMILES string of the molecule is C[Si](C)(C)[N+](=PN=[N+]=[N-])[Si](C)(C)C. The molecule has 0 aliphatic rings. The van der Waals surface area contributed by atoms with Crippen LogP contribution in [0.25, 0.3) is 10.4 Å². The van der Waals surface area contributed by atoms with Crippen molar-refractivity contribution >= 4 is 25.0 Å². The molecule has 0 aliphatic carbocycles. The summed E-state index contributed by atoms with van der Waals surface area (Å²) in [7, 11) is -1.89. The minimum Gasteiger partial charge on any atom is -0.366 e. The lowest BCUT2D eigenvalue weighted by atomic mass is 11.8. The zero-order chi connectivity index (χ0) is 10.7. The van der Waals surface area contributed by atoms with Gasteiger partial charge in [-0.1, -0.05) is 0 Å². The van der Waals surface area contributed by atoms with E-state index < -0.39 is 16.5 Å². The molecule has 0 rings (SSSR count). The van der Waals surface area contributed by atoms with Crippen LogP contribution in [0.5, 0.6) is 0 Å². The van der Waals surface area contributed by atoms with Gasteiger partial charge in [0.1, 0.15) is 0 Å².